The lowest BCUT2D eigenvalue weighted by molar-refractivity contribution is -0.182. The molecule has 7 fully saturated rings. The summed E-state index contributed by atoms with van der Waals surface area (Å²) in [5, 5.41) is 10.5. The van der Waals surface area contributed by atoms with Crippen LogP contribution in [0.2, 0.25) is 0 Å². The number of hydrogen-bond donors (Lipinski definition) is 4. The molecule has 3 aliphatic carbocycles. The molecule has 4 saturated heterocycles. The van der Waals surface area contributed by atoms with Crippen LogP contribution in [0.4, 0.5) is 13.2 Å². The van der Waals surface area contributed by atoms with Gasteiger partial charge in [-0.15, -0.1) is 11.6 Å². The molecular weight excluding hydrogens is 1310 g/mol. The summed E-state index contributed by atoms with van der Waals surface area (Å²) in [4.78, 5) is 190. The number of alkyl halides is 4. The standard InChI is InChI=1S/C71H114ClF3N12O12/c1-13-43(5)58-68(98)81(9)45(7)63(93)87-36-30-53(87)67(97)83(11)55(39-46-23-16-15-17-24-46)66(96)80(8)41-56(88)76-50(29-27-47-26-28-48(49(72)38-47)71(73,74)75)65(95)86-35-22-25-52(86)61(91)79-70(31-18-19-32-70)69(99)84(12)59(44(6)14-2)62(92)77-51(64(94)85-33-20-21-34-85)40-57(89)82(10)54(37-42(3)4)60(90)78-58/h42-55,58-59H,13-41H2,1-12H3,(H,76,88)(H,77,92)(H,78,90)(H,79,91)/t43-,44-,45-,47?,48?,49?,50-,51-,52-,53-,54-,55-,58-,59-/m0/s1. The van der Waals surface area contributed by atoms with Gasteiger partial charge in [-0.3, -0.25) is 57.5 Å². The van der Waals surface area contributed by atoms with Crippen LogP contribution in [0.25, 0.3) is 0 Å². The van der Waals surface area contributed by atoms with Crippen molar-refractivity contribution >= 4 is 82.5 Å². The Hall–Kier alpha value is -6.28. The number of likely N-dealkylation sites (tertiary alicyclic amines) is 1. The zero-order valence-corrected chi connectivity index (χ0v) is 61.5. The molecule has 28 heteroatoms. The lowest BCUT2D eigenvalue weighted by atomic mass is 9.78. The van der Waals surface area contributed by atoms with E-state index in [4.69, 9.17) is 11.6 Å². The predicted molar refractivity (Wildman–Crippen MR) is 365 cm³/mol. The lowest BCUT2D eigenvalue weighted by Crippen LogP contribution is -2.65. The van der Waals surface area contributed by atoms with Gasteiger partial charge in [0.05, 0.1) is 18.9 Å². The first kappa shape index (κ1) is 80.0. The summed E-state index contributed by atoms with van der Waals surface area (Å²) in [5.74, 6) is -10.8. The lowest BCUT2D eigenvalue weighted by Gasteiger charge is -2.45. The van der Waals surface area contributed by atoms with Gasteiger partial charge in [0.1, 0.15) is 59.9 Å². The molecular formula is C71H114ClF3N12O12. The van der Waals surface area contributed by atoms with Crippen LogP contribution in [-0.2, 0) is 57.5 Å². The van der Waals surface area contributed by atoms with E-state index in [0.717, 1.165) is 32.1 Å². The van der Waals surface area contributed by atoms with Gasteiger partial charge >= 0.3 is 6.18 Å². The second kappa shape index (κ2) is 35.1. The number of carbonyl (C=O) groups excluding carboxylic acids is 12. The Morgan fingerprint density at radius 2 is 1.23 bits per heavy atom. The van der Waals surface area contributed by atoms with Crippen LogP contribution in [0.1, 0.15) is 203 Å². The number of hydrogen-bond acceptors (Lipinski definition) is 12. The first-order valence-corrected chi connectivity index (χ1v) is 37.2. The Labute approximate surface area is 588 Å². The number of carbonyl (C=O) groups is 12. The maximum atomic E-state index is 15.4. The maximum absolute atomic E-state index is 15.4. The molecule has 4 aliphatic heterocycles. The van der Waals surface area contributed by atoms with E-state index in [1.807, 2.05) is 27.7 Å². The zero-order valence-electron chi connectivity index (χ0n) is 60.7. The minimum atomic E-state index is -4.51. The van der Waals surface area contributed by atoms with Crippen molar-refractivity contribution in [2.75, 3.05) is 68.0 Å². The van der Waals surface area contributed by atoms with E-state index in [1.54, 1.807) is 18.7 Å². The predicted octanol–water partition coefficient (Wildman–Crippen LogP) is 5.75. The number of fused-ring (bicyclic) bond motifs is 2. The third-order valence-electron chi connectivity index (χ3n) is 23.1. The minimum Gasteiger partial charge on any atom is -0.343 e. The van der Waals surface area contributed by atoms with Crippen molar-refractivity contribution < 1.29 is 70.7 Å². The van der Waals surface area contributed by atoms with Gasteiger partial charge in [0.25, 0.3) is 0 Å². The van der Waals surface area contributed by atoms with E-state index in [0.29, 0.717) is 58.0 Å². The van der Waals surface area contributed by atoms with E-state index in [9.17, 15) is 51.5 Å². The van der Waals surface area contributed by atoms with Crippen molar-refractivity contribution in [3.63, 3.8) is 0 Å². The monoisotopic (exact) mass is 1420 g/mol. The molecule has 1 spiro atoms. The van der Waals surface area contributed by atoms with Crippen LogP contribution in [0.5, 0.6) is 0 Å². The molecule has 3 saturated carbocycles. The van der Waals surface area contributed by atoms with Gasteiger partial charge in [-0.1, -0.05) is 99.3 Å². The fraction of sp³-hybridized carbons (Fsp3) is 0.831. The van der Waals surface area contributed by atoms with E-state index >= 15 is 19.2 Å². The van der Waals surface area contributed by atoms with Gasteiger partial charge in [-0.2, -0.15) is 13.2 Å². The van der Waals surface area contributed by atoms with Crippen molar-refractivity contribution in [1.29, 1.82) is 0 Å². The third-order valence-corrected chi connectivity index (χ3v) is 23.6. The van der Waals surface area contributed by atoms with E-state index in [1.165, 1.54) is 76.5 Å². The van der Waals surface area contributed by atoms with Crippen molar-refractivity contribution in [2.24, 2.45) is 35.5 Å². The molecule has 7 aliphatic rings. The second-order valence-electron chi connectivity index (χ2n) is 30.4. The summed E-state index contributed by atoms with van der Waals surface area (Å²) in [6.45, 7) is 12.9. The molecule has 99 heavy (non-hydrogen) atoms. The highest BCUT2D eigenvalue weighted by atomic mass is 35.5. The molecule has 4 heterocycles. The Bertz CT molecular complexity index is 2910. The average molecular weight is 1420 g/mol. The highest BCUT2D eigenvalue weighted by Crippen LogP contribution is 2.44. The van der Waals surface area contributed by atoms with E-state index in [-0.39, 0.29) is 101 Å². The molecule has 24 nitrogen and oxygen atoms in total. The summed E-state index contributed by atoms with van der Waals surface area (Å²) >= 11 is 6.40. The fourth-order valence-electron chi connectivity index (χ4n) is 16.2. The molecule has 0 bridgehead atoms. The summed E-state index contributed by atoms with van der Waals surface area (Å²) < 4.78 is 42.0. The second-order valence-corrected chi connectivity index (χ2v) is 31.0. The summed E-state index contributed by atoms with van der Waals surface area (Å²) in [6.07, 6.45) is 4.06. The normalized spacial score (nSPS) is 31.2. The fourth-order valence-corrected chi connectivity index (χ4v) is 16.7. The van der Waals surface area contributed by atoms with Crippen molar-refractivity contribution in [3.8, 4) is 0 Å². The average Bonchev–Trinajstić information content (AvgIpc) is 1.71. The van der Waals surface area contributed by atoms with Crippen LogP contribution >= 0.6 is 11.6 Å². The number of likely N-dealkylation sites (N-methyl/N-ethyl adjacent to an activating group) is 5. The highest BCUT2D eigenvalue weighted by molar-refractivity contribution is 6.21. The SMILES string of the molecule is CC[C@H](C)[C@@H]1NC(=O)[C@H](CC(C)C)N(C)C(=O)C[C@@H](C(=O)N2CCCC2)NC(=O)[C@H]([C@@H](C)CC)N(C)C(=O)C2(CCCC2)NC(=O)[C@@H]2CCCN2C(=O)[C@H](CCC2CCC(C(F)(F)F)C(Cl)C2)NC(=O)CN(C)C(=O)[C@H](CC2CCCCC2)N(C)C(=O)[C@@H]2CCN2C(=O)[C@H](C)N(C)C1=O. The first-order valence-electron chi connectivity index (χ1n) is 36.8. The molecule has 7 rings (SSSR count). The topological polar surface area (TPSA) is 279 Å². The maximum Gasteiger partial charge on any atom is 0.393 e. The first-order chi connectivity index (χ1) is 46.7. The van der Waals surface area contributed by atoms with Gasteiger partial charge in [0, 0.05) is 66.8 Å². The number of nitrogens with zero attached hydrogens (tertiary/aromatic N) is 8. The van der Waals surface area contributed by atoms with Crippen molar-refractivity contribution in [1.82, 2.24) is 60.5 Å². The van der Waals surface area contributed by atoms with Crippen molar-refractivity contribution in [3.05, 3.63) is 0 Å². The molecule has 0 aromatic rings. The third kappa shape index (κ3) is 19.3. The quantitative estimate of drug-likeness (QED) is 0.170. The number of halogens is 4. The van der Waals surface area contributed by atoms with Gasteiger partial charge in [-0.05, 0) is 126 Å². The molecule has 0 aromatic heterocycles. The zero-order chi connectivity index (χ0) is 73.1. The van der Waals surface area contributed by atoms with Gasteiger partial charge in [0.2, 0.25) is 70.9 Å². The van der Waals surface area contributed by atoms with Crippen LogP contribution in [0.15, 0.2) is 0 Å². The Morgan fingerprint density at radius 3 is 1.82 bits per heavy atom. The smallest absolute Gasteiger partial charge is 0.343 e. The Kier molecular flexibility index (Phi) is 28.3. The van der Waals surface area contributed by atoms with Crippen LogP contribution in [0.3, 0.4) is 0 Å². The van der Waals surface area contributed by atoms with Crippen LogP contribution in [0, 0.1) is 35.5 Å². The van der Waals surface area contributed by atoms with E-state index in [2.05, 4.69) is 21.3 Å². The number of rotatable bonds is 12. The van der Waals surface area contributed by atoms with E-state index < -0.39 is 173 Å². The van der Waals surface area contributed by atoms with Crippen LogP contribution in [-0.4, -0.2) is 250 Å². The van der Waals surface area contributed by atoms with Crippen molar-refractivity contribution in [2.45, 2.75) is 274 Å². The molecule has 3 unspecified atom stereocenters. The largest absolute Gasteiger partial charge is 0.393 e. The Morgan fingerprint density at radius 1 is 0.596 bits per heavy atom. The molecule has 0 aromatic carbocycles. The summed E-state index contributed by atoms with van der Waals surface area (Å²) in [7, 11) is 7.24. The molecule has 4 N–H and O–H groups in total. The summed E-state index contributed by atoms with van der Waals surface area (Å²) in [5.41, 5.74) is -1.56. The molecule has 14 atom stereocenters. The molecule has 558 valence electrons. The highest BCUT2D eigenvalue weighted by Gasteiger charge is 2.52. The number of nitrogens with one attached hydrogen (secondary N) is 4. The van der Waals surface area contributed by atoms with Gasteiger partial charge < -0.3 is 60.5 Å². The van der Waals surface area contributed by atoms with Gasteiger partial charge in [-0.25, -0.2) is 0 Å². The minimum absolute atomic E-state index is 0.00104. The summed E-state index contributed by atoms with van der Waals surface area (Å²) in [6, 6.07) is -10.8. The van der Waals surface area contributed by atoms with Crippen LogP contribution < -0.4 is 21.3 Å². The van der Waals surface area contributed by atoms with Gasteiger partial charge in [0.15, 0.2) is 0 Å². The number of amides is 12. The molecule has 0 radical (unpaired) electrons. The Balaban J connectivity index is 1.26. The molecule has 12 amide bonds.